The average Bonchev–Trinajstić information content (AvgIpc) is 3.28. The van der Waals surface area contributed by atoms with Gasteiger partial charge in [0.1, 0.15) is 5.69 Å². The number of amides is 2. The molecule has 1 aromatic carbocycles. The number of nitrogens with one attached hydrogen (secondary N) is 2. The quantitative estimate of drug-likeness (QED) is 0.534. The van der Waals surface area contributed by atoms with Gasteiger partial charge in [0.2, 0.25) is 0 Å². The molecule has 168 valence electrons. The third-order valence-electron chi connectivity index (χ3n) is 6.38. The van der Waals surface area contributed by atoms with E-state index in [1.165, 1.54) is 19.3 Å². The second-order valence-electron chi connectivity index (χ2n) is 8.68. The monoisotopic (exact) mass is 424 g/mol. The van der Waals surface area contributed by atoms with Gasteiger partial charge < -0.3 is 10.6 Å². The number of rotatable bonds is 9. The summed E-state index contributed by atoms with van der Waals surface area (Å²) in [5.74, 6) is 0.321. The van der Waals surface area contributed by atoms with E-state index in [-0.39, 0.29) is 12.1 Å². The van der Waals surface area contributed by atoms with Gasteiger partial charge in [-0.3, -0.25) is 4.99 Å². The molecule has 31 heavy (non-hydrogen) atoms. The van der Waals surface area contributed by atoms with Gasteiger partial charge in [-0.2, -0.15) is 0 Å². The molecule has 1 fully saturated rings. The summed E-state index contributed by atoms with van der Waals surface area (Å²) in [5.41, 5.74) is 0.998. The lowest BCUT2D eigenvalue weighted by atomic mass is 9.74. The van der Waals surface area contributed by atoms with Crippen LogP contribution in [0.1, 0.15) is 76.9 Å². The van der Waals surface area contributed by atoms with E-state index < -0.39 is 5.54 Å². The topological polar surface area (TPSA) is 84.2 Å². The maximum absolute atomic E-state index is 12.9. The molecule has 2 amide bonds. The van der Waals surface area contributed by atoms with E-state index in [4.69, 9.17) is 0 Å². The Morgan fingerprint density at radius 2 is 2.03 bits per heavy atom. The number of nitrogens with zero attached hydrogens (tertiary/aromatic N) is 4. The number of aromatic nitrogens is 3. The molecular weight excluding hydrogens is 388 g/mol. The molecule has 1 aromatic heterocycles. The Balaban J connectivity index is 1.84. The molecule has 7 nitrogen and oxygen atoms in total. The molecule has 0 bridgehead atoms. The molecular formula is C24H36N6O. The van der Waals surface area contributed by atoms with Gasteiger partial charge in [-0.1, -0.05) is 62.4 Å². The van der Waals surface area contributed by atoms with Gasteiger partial charge >= 0.3 is 6.03 Å². The van der Waals surface area contributed by atoms with Gasteiger partial charge in [-0.25, -0.2) is 9.48 Å². The summed E-state index contributed by atoms with van der Waals surface area (Å²) in [5, 5.41) is 15.2. The van der Waals surface area contributed by atoms with Crippen LogP contribution in [0, 0.1) is 5.92 Å². The molecule has 0 saturated heterocycles. The highest BCUT2D eigenvalue weighted by atomic mass is 16.2. The largest absolute Gasteiger partial charge is 0.327 e. The average molecular weight is 425 g/mol. The zero-order valence-electron chi connectivity index (χ0n) is 19.1. The van der Waals surface area contributed by atoms with Gasteiger partial charge in [-0.15, -0.1) is 5.10 Å². The summed E-state index contributed by atoms with van der Waals surface area (Å²) in [6, 6.07) is 9.39. The van der Waals surface area contributed by atoms with Crippen LogP contribution in [0.25, 0.3) is 0 Å². The number of anilines is 1. The zero-order chi connectivity index (χ0) is 22.1. The van der Waals surface area contributed by atoms with E-state index in [9.17, 15) is 4.79 Å². The summed E-state index contributed by atoms with van der Waals surface area (Å²) < 4.78 is 1.90. The molecule has 2 N–H and O–H groups in total. The summed E-state index contributed by atoms with van der Waals surface area (Å²) >= 11 is 0. The van der Waals surface area contributed by atoms with Crippen molar-refractivity contribution in [2.45, 2.75) is 76.8 Å². The van der Waals surface area contributed by atoms with Crippen LogP contribution in [-0.4, -0.2) is 34.3 Å². The number of unbranched alkanes of at least 4 members (excludes halogenated alkanes) is 1. The van der Waals surface area contributed by atoms with Crippen molar-refractivity contribution in [1.29, 1.82) is 0 Å². The van der Waals surface area contributed by atoms with Crippen molar-refractivity contribution in [1.82, 2.24) is 20.3 Å². The lowest BCUT2D eigenvalue weighted by molar-refractivity contribution is 0.174. The van der Waals surface area contributed by atoms with Crippen molar-refractivity contribution >= 4 is 17.9 Å². The Labute approximate surface area is 185 Å². The first-order chi connectivity index (χ1) is 15.1. The second kappa shape index (κ2) is 11.1. The molecule has 1 aliphatic carbocycles. The van der Waals surface area contributed by atoms with Crippen LogP contribution >= 0.6 is 0 Å². The highest BCUT2D eigenvalue weighted by Crippen LogP contribution is 2.38. The van der Waals surface area contributed by atoms with E-state index in [0.29, 0.717) is 5.92 Å². The summed E-state index contributed by atoms with van der Waals surface area (Å²) in [7, 11) is 1.79. The minimum Gasteiger partial charge on any atom is -0.327 e. The van der Waals surface area contributed by atoms with E-state index in [1.54, 1.807) is 7.05 Å². The molecule has 7 heteroatoms. The lowest BCUT2D eigenvalue weighted by Crippen LogP contribution is -2.51. The predicted octanol–water partition coefficient (Wildman–Crippen LogP) is 5.33. The number of benzene rings is 1. The number of para-hydroxylation sites is 1. The minimum atomic E-state index is -0.587. The first kappa shape index (κ1) is 23.0. The van der Waals surface area contributed by atoms with Crippen LogP contribution in [0.2, 0.25) is 0 Å². The maximum atomic E-state index is 12.9. The molecule has 1 aliphatic rings. The minimum absolute atomic E-state index is 0.0833. The number of hydrogen-bond donors (Lipinski definition) is 2. The molecule has 2 unspecified atom stereocenters. The Hall–Kier alpha value is -2.70. The zero-order valence-corrected chi connectivity index (χ0v) is 19.1. The molecule has 1 saturated carbocycles. The highest BCUT2D eigenvalue weighted by Gasteiger charge is 2.40. The number of carbonyl (C=O) groups is 1. The Morgan fingerprint density at radius 1 is 1.29 bits per heavy atom. The van der Waals surface area contributed by atoms with E-state index >= 15 is 0 Å². The second-order valence-corrected chi connectivity index (χ2v) is 8.68. The van der Waals surface area contributed by atoms with E-state index in [2.05, 4.69) is 39.8 Å². The van der Waals surface area contributed by atoms with Gasteiger partial charge in [0.15, 0.2) is 0 Å². The molecule has 0 spiro atoms. The number of urea groups is 1. The molecule has 1 heterocycles. The fourth-order valence-corrected chi connectivity index (χ4v) is 4.51. The SMILES string of the molecule is CCCCC(C=NC)n1cc(C(C)(NC(=O)Nc2ccccc2)C2CCCCC2)nn1. The van der Waals surface area contributed by atoms with E-state index in [0.717, 1.165) is 43.5 Å². The number of hydrogen-bond acceptors (Lipinski definition) is 4. The van der Waals surface area contributed by atoms with Crippen molar-refractivity contribution < 1.29 is 4.79 Å². The number of aliphatic imine (C=N–C) groups is 1. The van der Waals surface area contributed by atoms with Crippen LogP contribution < -0.4 is 10.6 Å². The standard InChI is InChI=1S/C24H36N6O/c1-4-5-16-21(17-25-3)30-18-22(28-29-30)24(2,19-12-8-6-9-13-19)27-23(31)26-20-14-10-7-11-15-20/h7,10-11,14-15,17-19,21H,4-6,8-9,12-13,16H2,1-3H3,(H2,26,27,31). The van der Waals surface area contributed by atoms with Crippen LogP contribution in [0.3, 0.4) is 0 Å². The van der Waals surface area contributed by atoms with Crippen LogP contribution in [0.4, 0.5) is 10.5 Å². The molecule has 2 atom stereocenters. The Morgan fingerprint density at radius 3 is 2.71 bits per heavy atom. The normalized spacial score (nSPS) is 17.9. The van der Waals surface area contributed by atoms with Crippen LogP contribution in [-0.2, 0) is 5.54 Å². The third kappa shape index (κ3) is 5.93. The first-order valence-corrected chi connectivity index (χ1v) is 11.6. The maximum Gasteiger partial charge on any atom is 0.319 e. The molecule has 0 radical (unpaired) electrons. The van der Waals surface area contributed by atoms with Crippen molar-refractivity contribution in [2.75, 3.05) is 12.4 Å². The molecule has 3 rings (SSSR count). The molecule has 2 aromatic rings. The summed E-state index contributed by atoms with van der Waals surface area (Å²) in [4.78, 5) is 17.2. The van der Waals surface area contributed by atoms with Crippen molar-refractivity contribution in [3.63, 3.8) is 0 Å². The number of carbonyl (C=O) groups excluding carboxylic acids is 1. The van der Waals surface area contributed by atoms with Gasteiger partial charge in [0.25, 0.3) is 0 Å². The summed E-state index contributed by atoms with van der Waals surface area (Å²) in [6.07, 6.45) is 12.9. The fraction of sp³-hybridized carbons (Fsp3) is 0.583. The van der Waals surface area contributed by atoms with Gasteiger partial charge in [0, 0.05) is 18.9 Å². The molecule has 0 aliphatic heterocycles. The third-order valence-corrected chi connectivity index (χ3v) is 6.38. The van der Waals surface area contributed by atoms with E-state index in [1.807, 2.05) is 47.4 Å². The van der Waals surface area contributed by atoms with Crippen LogP contribution in [0.5, 0.6) is 0 Å². The fourth-order valence-electron chi connectivity index (χ4n) is 4.51. The van der Waals surface area contributed by atoms with Crippen molar-refractivity contribution in [2.24, 2.45) is 10.9 Å². The first-order valence-electron chi connectivity index (χ1n) is 11.6. The predicted molar refractivity (Wildman–Crippen MR) is 126 cm³/mol. The van der Waals surface area contributed by atoms with Gasteiger partial charge in [-0.05, 0) is 44.2 Å². The van der Waals surface area contributed by atoms with Crippen molar-refractivity contribution in [3.8, 4) is 0 Å². The highest BCUT2D eigenvalue weighted by molar-refractivity contribution is 5.89. The lowest BCUT2D eigenvalue weighted by Gasteiger charge is -2.39. The van der Waals surface area contributed by atoms with Crippen molar-refractivity contribution in [3.05, 3.63) is 42.2 Å². The van der Waals surface area contributed by atoms with Crippen LogP contribution in [0.15, 0.2) is 41.5 Å². The van der Waals surface area contributed by atoms with Gasteiger partial charge in [0.05, 0.1) is 17.8 Å². The Kier molecular flexibility index (Phi) is 8.20. The Bertz CT molecular complexity index is 843. The summed E-state index contributed by atoms with van der Waals surface area (Å²) in [6.45, 7) is 4.28. The smallest absolute Gasteiger partial charge is 0.319 e.